The van der Waals surface area contributed by atoms with Crippen LogP contribution in [0.4, 0.5) is 0 Å². The van der Waals surface area contributed by atoms with Gasteiger partial charge in [-0.3, -0.25) is 0 Å². The Balaban J connectivity index is 2.58. The molecule has 20 heavy (non-hydrogen) atoms. The maximum absolute atomic E-state index is 5.99. The summed E-state index contributed by atoms with van der Waals surface area (Å²) < 4.78 is 5.99. The van der Waals surface area contributed by atoms with Crippen LogP contribution in [0.15, 0.2) is 24.3 Å². The molecule has 0 amide bonds. The van der Waals surface area contributed by atoms with Crippen molar-refractivity contribution in [3.05, 3.63) is 29.8 Å². The fourth-order valence-electron chi connectivity index (χ4n) is 2.19. The molecule has 0 saturated heterocycles. The van der Waals surface area contributed by atoms with E-state index in [-0.39, 0.29) is 5.41 Å². The highest BCUT2D eigenvalue weighted by Crippen LogP contribution is 2.25. The van der Waals surface area contributed by atoms with Crippen LogP contribution < -0.4 is 10.1 Å². The molecular weight excluding hydrogens is 246 g/mol. The number of benzene rings is 1. The van der Waals surface area contributed by atoms with Gasteiger partial charge in [-0.1, -0.05) is 53.2 Å². The summed E-state index contributed by atoms with van der Waals surface area (Å²) in [6, 6.07) is 8.94. The molecule has 0 aliphatic carbocycles. The number of hydrogen-bond donors (Lipinski definition) is 1. The quantitative estimate of drug-likeness (QED) is 0.753. The van der Waals surface area contributed by atoms with Gasteiger partial charge in [0.05, 0.1) is 0 Å². The Morgan fingerprint density at radius 2 is 1.90 bits per heavy atom. The summed E-state index contributed by atoms with van der Waals surface area (Å²) in [5, 5.41) is 3.56. The van der Waals surface area contributed by atoms with Crippen LogP contribution in [0.5, 0.6) is 5.75 Å². The van der Waals surface area contributed by atoms with E-state index in [0.29, 0.717) is 6.04 Å². The fourth-order valence-corrected chi connectivity index (χ4v) is 2.19. The maximum atomic E-state index is 5.99. The van der Waals surface area contributed by atoms with Gasteiger partial charge in [-0.25, -0.2) is 0 Å². The van der Waals surface area contributed by atoms with Crippen LogP contribution in [0.3, 0.4) is 0 Å². The second-order valence-electron chi connectivity index (χ2n) is 6.53. The van der Waals surface area contributed by atoms with Gasteiger partial charge in [-0.05, 0) is 42.5 Å². The smallest absolute Gasteiger partial charge is 0.119 e. The van der Waals surface area contributed by atoms with Crippen LogP contribution >= 0.6 is 0 Å². The molecule has 0 aliphatic heterocycles. The van der Waals surface area contributed by atoms with Crippen molar-refractivity contribution in [2.75, 3.05) is 13.2 Å². The second-order valence-corrected chi connectivity index (χ2v) is 6.53. The lowest BCUT2D eigenvalue weighted by Crippen LogP contribution is -2.35. The van der Waals surface area contributed by atoms with Crippen LogP contribution in [0.2, 0.25) is 0 Å². The van der Waals surface area contributed by atoms with E-state index in [1.54, 1.807) is 0 Å². The maximum Gasteiger partial charge on any atom is 0.119 e. The van der Waals surface area contributed by atoms with Gasteiger partial charge in [0.25, 0.3) is 0 Å². The standard InChI is InChI=1S/C18H31NO/c1-6-9-16(19-12-7-2)14-20-17-11-8-10-15(13-17)18(3,4)5/h8,10-11,13,16,19H,6-7,9,12,14H2,1-5H3. The molecule has 0 aromatic heterocycles. The molecule has 1 N–H and O–H groups in total. The minimum absolute atomic E-state index is 0.169. The minimum Gasteiger partial charge on any atom is -0.492 e. The lowest BCUT2D eigenvalue weighted by Gasteiger charge is -2.21. The van der Waals surface area contributed by atoms with Crippen LogP contribution in [0.1, 0.15) is 59.4 Å². The van der Waals surface area contributed by atoms with Crippen LogP contribution in [0, 0.1) is 0 Å². The van der Waals surface area contributed by atoms with Crippen molar-refractivity contribution < 1.29 is 4.74 Å². The first-order chi connectivity index (χ1) is 9.47. The Kier molecular flexibility index (Phi) is 7.08. The summed E-state index contributed by atoms with van der Waals surface area (Å²) in [7, 11) is 0. The Morgan fingerprint density at radius 1 is 1.15 bits per heavy atom. The first-order valence-electron chi connectivity index (χ1n) is 7.94. The molecule has 0 heterocycles. The van der Waals surface area contributed by atoms with E-state index in [1.165, 1.54) is 24.8 Å². The molecule has 0 saturated carbocycles. The van der Waals surface area contributed by atoms with Crippen molar-refractivity contribution in [1.82, 2.24) is 5.32 Å². The summed E-state index contributed by atoms with van der Waals surface area (Å²) in [5.41, 5.74) is 1.49. The summed E-state index contributed by atoms with van der Waals surface area (Å²) >= 11 is 0. The molecule has 1 atom stereocenters. The minimum atomic E-state index is 0.169. The normalized spacial score (nSPS) is 13.2. The van der Waals surface area contributed by atoms with E-state index in [2.05, 4.69) is 64.2 Å². The van der Waals surface area contributed by atoms with E-state index in [4.69, 9.17) is 4.74 Å². The van der Waals surface area contributed by atoms with Gasteiger partial charge in [0.2, 0.25) is 0 Å². The molecule has 0 fully saturated rings. The van der Waals surface area contributed by atoms with E-state index in [1.807, 2.05) is 0 Å². The van der Waals surface area contributed by atoms with Crippen molar-refractivity contribution in [1.29, 1.82) is 0 Å². The summed E-state index contributed by atoms with van der Waals surface area (Å²) in [6.07, 6.45) is 3.52. The summed E-state index contributed by atoms with van der Waals surface area (Å²) in [4.78, 5) is 0. The first kappa shape index (κ1) is 17.0. The van der Waals surface area contributed by atoms with Crippen molar-refractivity contribution in [3.8, 4) is 5.75 Å². The Hall–Kier alpha value is -1.02. The first-order valence-corrected chi connectivity index (χ1v) is 7.94. The highest BCUT2D eigenvalue weighted by atomic mass is 16.5. The number of nitrogens with one attached hydrogen (secondary N) is 1. The van der Waals surface area contributed by atoms with Crippen LogP contribution in [-0.4, -0.2) is 19.2 Å². The SMILES string of the molecule is CCCNC(CCC)COc1cccc(C(C)(C)C)c1. The number of rotatable bonds is 8. The van der Waals surface area contributed by atoms with Gasteiger partial charge < -0.3 is 10.1 Å². The average Bonchev–Trinajstić information content (AvgIpc) is 2.41. The topological polar surface area (TPSA) is 21.3 Å². The molecular formula is C18H31NO. The predicted molar refractivity (Wildman–Crippen MR) is 87.6 cm³/mol. The largest absolute Gasteiger partial charge is 0.492 e. The number of ether oxygens (including phenoxy) is 1. The van der Waals surface area contributed by atoms with Crippen molar-refractivity contribution in [2.24, 2.45) is 0 Å². The van der Waals surface area contributed by atoms with E-state index < -0.39 is 0 Å². The van der Waals surface area contributed by atoms with Crippen molar-refractivity contribution >= 4 is 0 Å². The van der Waals surface area contributed by atoms with Gasteiger partial charge in [0.15, 0.2) is 0 Å². The van der Waals surface area contributed by atoms with Gasteiger partial charge in [0, 0.05) is 6.04 Å². The van der Waals surface area contributed by atoms with Crippen molar-refractivity contribution in [3.63, 3.8) is 0 Å². The second kappa shape index (κ2) is 8.31. The van der Waals surface area contributed by atoms with Crippen molar-refractivity contribution in [2.45, 2.75) is 65.3 Å². The zero-order chi connectivity index (χ0) is 15.0. The van der Waals surface area contributed by atoms with Crippen LogP contribution in [-0.2, 0) is 5.41 Å². The van der Waals surface area contributed by atoms with E-state index >= 15 is 0 Å². The number of hydrogen-bond acceptors (Lipinski definition) is 2. The monoisotopic (exact) mass is 277 g/mol. The predicted octanol–water partition coefficient (Wildman–Crippen LogP) is 4.53. The molecule has 2 heteroatoms. The lowest BCUT2D eigenvalue weighted by atomic mass is 9.87. The van der Waals surface area contributed by atoms with Crippen LogP contribution in [0.25, 0.3) is 0 Å². The van der Waals surface area contributed by atoms with Gasteiger partial charge in [0.1, 0.15) is 12.4 Å². The van der Waals surface area contributed by atoms with E-state index in [0.717, 1.165) is 18.9 Å². The molecule has 0 spiro atoms. The third-order valence-corrected chi connectivity index (χ3v) is 3.47. The third-order valence-electron chi connectivity index (χ3n) is 3.47. The molecule has 1 unspecified atom stereocenters. The molecule has 114 valence electrons. The van der Waals surface area contributed by atoms with Gasteiger partial charge in [-0.15, -0.1) is 0 Å². The Morgan fingerprint density at radius 3 is 2.50 bits per heavy atom. The molecule has 1 aromatic carbocycles. The third kappa shape index (κ3) is 5.96. The average molecular weight is 277 g/mol. The molecule has 0 aliphatic rings. The summed E-state index contributed by atoms with van der Waals surface area (Å²) in [5.74, 6) is 0.983. The fraction of sp³-hybridized carbons (Fsp3) is 0.667. The highest BCUT2D eigenvalue weighted by molar-refractivity contribution is 5.32. The van der Waals surface area contributed by atoms with E-state index in [9.17, 15) is 0 Å². The summed E-state index contributed by atoms with van der Waals surface area (Å²) in [6.45, 7) is 12.9. The van der Waals surface area contributed by atoms with Gasteiger partial charge >= 0.3 is 0 Å². The zero-order valence-electron chi connectivity index (χ0n) is 13.8. The molecule has 1 aromatic rings. The molecule has 2 nitrogen and oxygen atoms in total. The zero-order valence-corrected chi connectivity index (χ0v) is 13.8. The Labute approximate surface area is 124 Å². The Bertz CT molecular complexity index is 381. The molecule has 0 bridgehead atoms. The van der Waals surface area contributed by atoms with Gasteiger partial charge in [-0.2, -0.15) is 0 Å². The molecule has 1 rings (SSSR count). The molecule has 0 radical (unpaired) electrons. The highest BCUT2D eigenvalue weighted by Gasteiger charge is 2.14. The lowest BCUT2D eigenvalue weighted by molar-refractivity contribution is 0.255.